The van der Waals surface area contributed by atoms with E-state index < -0.39 is 0 Å². The number of benzene rings is 3. The Kier molecular flexibility index (Phi) is 6.53. The number of carbonyl (C=O) groups is 1. The Morgan fingerprint density at radius 3 is 2.58 bits per heavy atom. The lowest BCUT2D eigenvalue weighted by Gasteiger charge is -2.23. The number of nitrogens with zero attached hydrogens (tertiary/aromatic N) is 4. The molecule has 6 rings (SSSR count). The molecule has 1 aliphatic rings. The highest BCUT2D eigenvalue weighted by Crippen LogP contribution is 2.32. The van der Waals surface area contributed by atoms with Crippen LogP contribution in [0.4, 0.5) is 5.82 Å². The molecule has 2 heterocycles. The molecular formula is C32H29N5O. The van der Waals surface area contributed by atoms with Crippen LogP contribution in [0.2, 0.25) is 0 Å². The SMILES string of the molecule is Cc1cccc(CNc2ncnc3ccc(-c4cccc(CN(C(=O)c5cccnc5)C5CC5)c4)cc23)c1. The standard InChI is InChI=1S/C32H29N5O/c1-22-5-2-6-23(15-22)18-34-31-29-17-26(10-13-30(29)35-21-36-31)25-8-3-7-24(16-25)20-37(28-11-12-28)32(38)27-9-4-14-33-19-27/h2-10,13-17,19,21,28H,11-12,18,20H2,1H3,(H,34,35,36). The van der Waals surface area contributed by atoms with Crippen molar-refractivity contribution in [3.63, 3.8) is 0 Å². The summed E-state index contributed by atoms with van der Waals surface area (Å²) in [7, 11) is 0. The summed E-state index contributed by atoms with van der Waals surface area (Å²) >= 11 is 0. The summed E-state index contributed by atoms with van der Waals surface area (Å²) in [6.45, 7) is 3.37. The van der Waals surface area contributed by atoms with E-state index in [1.165, 1.54) is 11.1 Å². The molecular weight excluding hydrogens is 470 g/mol. The van der Waals surface area contributed by atoms with Crippen molar-refractivity contribution in [2.24, 2.45) is 0 Å². The third-order valence-electron chi connectivity index (χ3n) is 6.95. The molecule has 2 aromatic heterocycles. The van der Waals surface area contributed by atoms with E-state index in [1.54, 1.807) is 18.7 Å². The van der Waals surface area contributed by atoms with Crippen LogP contribution in [0.5, 0.6) is 0 Å². The van der Waals surface area contributed by atoms with E-state index in [2.05, 4.69) is 87.9 Å². The van der Waals surface area contributed by atoms with Gasteiger partial charge in [0.05, 0.1) is 11.1 Å². The van der Waals surface area contributed by atoms with Gasteiger partial charge in [0.15, 0.2) is 0 Å². The Labute approximate surface area is 222 Å². The van der Waals surface area contributed by atoms with Gasteiger partial charge in [0, 0.05) is 36.9 Å². The molecule has 0 bridgehead atoms. The number of fused-ring (bicyclic) bond motifs is 1. The number of anilines is 1. The fourth-order valence-corrected chi connectivity index (χ4v) is 4.84. The molecule has 0 aliphatic heterocycles. The Bertz CT molecular complexity index is 1600. The van der Waals surface area contributed by atoms with E-state index in [1.807, 2.05) is 23.1 Å². The van der Waals surface area contributed by atoms with Crippen LogP contribution in [0.25, 0.3) is 22.0 Å². The molecule has 38 heavy (non-hydrogen) atoms. The van der Waals surface area contributed by atoms with Crippen molar-refractivity contribution in [2.75, 3.05) is 5.32 Å². The number of hydrogen-bond acceptors (Lipinski definition) is 5. The number of aromatic nitrogens is 3. The highest BCUT2D eigenvalue weighted by Gasteiger charge is 2.33. The summed E-state index contributed by atoms with van der Waals surface area (Å²) in [5.74, 6) is 0.856. The van der Waals surface area contributed by atoms with Gasteiger partial charge in [0.2, 0.25) is 0 Å². The molecule has 1 aliphatic carbocycles. The maximum absolute atomic E-state index is 13.2. The largest absolute Gasteiger partial charge is 0.365 e. The number of hydrogen-bond donors (Lipinski definition) is 1. The zero-order valence-corrected chi connectivity index (χ0v) is 21.3. The van der Waals surface area contributed by atoms with Gasteiger partial charge >= 0.3 is 0 Å². The topological polar surface area (TPSA) is 71.0 Å². The second-order valence-electron chi connectivity index (χ2n) is 9.90. The molecule has 188 valence electrons. The van der Waals surface area contributed by atoms with Gasteiger partial charge in [0.25, 0.3) is 5.91 Å². The molecule has 0 unspecified atom stereocenters. The number of nitrogens with one attached hydrogen (secondary N) is 1. The maximum atomic E-state index is 13.2. The zero-order chi connectivity index (χ0) is 25.9. The minimum absolute atomic E-state index is 0.0400. The highest BCUT2D eigenvalue weighted by molar-refractivity contribution is 5.94. The van der Waals surface area contributed by atoms with Gasteiger partial charge in [0.1, 0.15) is 12.1 Å². The van der Waals surface area contributed by atoms with Crippen LogP contribution in [0.15, 0.2) is 97.6 Å². The van der Waals surface area contributed by atoms with E-state index in [4.69, 9.17) is 0 Å². The number of aryl methyl sites for hydroxylation is 1. The van der Waals surface area contributed by atoms with Crippen molar-refractivity contribution in [2.45, 2.75) is 38.9 Å². The lowest BCUT2D eigenvalue weighted by Crippen LogP contribution is -2.32. The Morgan fingerprint density at radius 2 is 1.76 bits per heavy atom. The van der Waals surface area contributed by atoms with Crippen LogP contribution < -0.4 is 5.32 Å². The van der Waals surface area contributed by atoms with E-state index in [0.717, 1.165) is 46.3 Å². The molecule has 6 nitrogen and oxygen atoms in total. The summed E-state index contributed by atoms with van der Waals surface area (Å²) < 4.78 is 0. The lowest BCUT2D eigenvalue weighted by atomic mass is 10.0. The predicted octanol–water partition coefficient (Wildman–Crippen LogP) is 6.42. The first-order valence-corrected chi connectivity index (χ1v) is 13.0. The third-order valence-corrected chi connectivity index (χ3v) is 6.95. The molecule has 0 saturated heterocycles. The van der Waals surface area contributed by atoms with Gasteiger partial charge in [-0.05, 0) is 72.4 Å². The number of carbonyl (C=O) groups excluding carboxylic acids is 1. The van der Waals surface area contributed by atoms with Gasteiger partial charge in [-0.1, -0.05) is 54.1 Å². The normalized spacial score (nSPS) is 12.9. The van der Waals surface area contributed by atoms with Gasteiger partial charge < -0.3 is 10.2 Å². The fraction of sp³-hybridized carbons (Fsp3) is 0.188. The van der Waals surface area contributed by atoms with E-state index in [-0.39, 0.29) is 5.91 Å². The predicted molar refractivity (Wildman–Crippen MR) is 151 cm³/mol. The van der Waals surface area contributed by atoms with Crippen LogP contribution in [0.1, 0.15) is 39.9 Å². The van der Waals surface area contributed by atoms with E-state index in [9.17, 15) is 4.79 Å². The number of amides is 1. The molecule has 0 radical (unpaired) electrons. The molecule has 0 atom stereocenters. The first kappa shape index (κ1) is 23.8. The summed E-state index contributed by atoms with van der Waals surface area (Å²) in [6.07, 6.45) is 7.05. The lowest BCUT2D eigenvalue weighted by molar-refractivity contribution is 0.0729. The first-order valence-electron chi connectivity index (χ1n) is 13.0. The van der Waals surface area contributed by atoms with Crippen LogP contribution in [-0.2, 0) is 13.1 Å². The summed E-state index contributed by atoms with van der Waals surface area (Å²) in [5, 5.41) is 4.48. The maximum Gasteiger partial charge on any atom is 0.255 e. The van der Waals surface area contributed by atoms with Crippen molar-refractivity contribution >= 4 is 22.6 Å². The van der Waals surface area contributed by atoms with E-state index in [0.29, 0.717) is 24.7 Å². The highest BCUT2D eigenvalue weighted by atomic mass is 16.2. The second kappa shape index (κ2) is 10.4. The molecule has 6 heteroatoms. The van der Waals surface area contributed by atoms with Gasteiger partial charge in [-0.15, -0.1) is 0 Å². The summed E-state index contributed by atoms with van der Waals surface area (Å²) in [5.41, 5.74) is 7.27. The first-order chi connectivity index (χ1) is 18.6. The Hall–Kier alpha value is -4.58. The van der Waals surface area contributed by atoms with Crippen molar-refractivity contribution in [3.8, 4) is 11.1 Å². The van der Waals surface area contributed by atoms with Crippen molar-refractivity contribution in [3.05, 3.63) is 120 Å². The fourth-order valence-electron chi connectivity index (χ4n) is 4.84. The summed E-state index contributed by atoms with van der Waals surface area (Å²) in [4.78, 5) is 28.3. The average Bonchev–Trinajstić information content (AvgIpc) is 3.80. The van der Waals surface area contributed by atoms with Gasteiger partial charge in [-0.2, -0.15) is 0 Å². The Morgan fingerprint density at radius 1 is 0.921 bits per heavy atom. The molecule has 3 aromatic carbocycles. The molecule has 5 aromatic rings. The number of rotatable bonds is 8. The minimum Gasteiger partial charge on any atom is -0.365 e. The minimum atomic E-state index is 0.0400. The zero-order valence-electron chi connectivity index (χ0n) is 21.3. The molecule has 1 amide bonds. The Balaban J connectivity index is 1.26. The van der Waals surface area contributed by atoms with Crippen LogP contribution in [-0.4, -0.2) is 31.8 Å². The molecule has 1 saturated carbocycles. The van der Waals surface area contributed by atoms with Crippen LogP contribution in [0, 0.1) is 6.92 Å². The third kappa shape index (κ3) is 5.25. The van der Waals surface area contributed by atoms with Crippen molar-refractivity contribution in [1.29, 1.82) is 0 Å². The van der Waals surface area contributed by atoms with Gasteiger partial charge in [-0.25, -0.2) is 9.97 Å². The van der Waals surface area contributed by atoms with Gasteiger partial charge in [-0.3, -0.25) is 9.78 Å². The van der Waals surface area contributed by atoms with E-state index >= 15 is 0 Å². The van der Waals surface area contributed by atoms with Crippen molar-refractivity contribution < 1.29 is 4.79 Å². The monoisotopic (exact) mass is 499 g/mol. The van der Waals surface area contributed by atoms with Crippen molar-refractivity contribution in [1.82, 2.24) is 19.9 Å². The quantitative estimate of drug-likeness (QED) is 0.267. The smallest absolute Gasteiger partial charge is 0.255 e. The van der Waals surface area contributed by atoms with Crippen LogP contribution in [0.3, 0.4) is 0 Å². The average molecular weight is 500 g/mol. The summed E-state index contributed by atoms with van der Waals surface area (Å²) in [6, 6.07) is 27.1. The molecule has 1 N–H and O–H groups in total. The molecule has 1 fully saturated rings. The number of pyridine rings is 1. The van der Waals surface area contributed by atoms with Crippen LogP contribution >= 0.6 is 0 Å². The second-order valence-corrected chi connectivity index (χ2v) is 9.90. The molecule has 0 spiro atoms.